The number of aliphatic hydroxyl groups is 1. The van der Waals surface area contributed by atoms with Gasteiger partial charge in [-0.1, -0.05) is 13.8 Å². The van der Waals surface area contributed by atoms with E-state index in [9.17, 15) is 0 Å². The van der Waals surface area contributed by atoms with Crippen LogP contribution in [0.4, 0.5) is 0 Å². The Hall–Kier alpha value is -0.120. The standard InChI is InChI=1S/C11H24N2O/c1-9(2)12-10(8-14)6-7-13(3)11-4-5-11/h9-12,14H,4-8H2,1-3H3. The van der Waals surface area contributed by atoms with Crippen LogP contribution in [0.25, 0.3) is 0 Å². The van der Waals surface area contributed by atoms with Gasteiger partial charge >= 0.3 is 0 Å². The van der Waals surface area contributed by atoms with Crippen LogP contribution in [0.2, 0.25) is 0 Å². The number of hydrogen-bond donors (Lipinski definition) is 2. The number of aliphatic hydroxyl groups excluding tert-OH is 1. The lowest BCUT2D eigenvalue weighted by Gasteiger charge is -2.22. The van der Waals surface area contributed by atoms with E-state index in [1.165, 1.54) is 12.8 Å². The monoisotopic (exact) mass is 200 g/mol. The van der Waals surface area contributed by atoms with Gasteiger partial charge in [-0.05, 0) is 32.9 Å². The molecular weight excluding hydrogens is 176 g/mol. The van der Waals surface area contributed by atoms with Crippen molar-refractivity contribution in [2.75, 3.05) is 20.2 Å². The quantitative estimate of drug-likeness (QED) is 0.639. The van der Waals surface area contributed by atoms with Crippen molar-refractivity contribution in [1.82, 2.24) is 10.2 Å². The van der Waals surface area contributed by atoms with E-state index in [1.807, 2.05) is 0 Å². The van der Waals surface area contributed by atoms with Gasteiger partial charge in [0, 0.05) is 18.1 Å². The summed E-state index contributed by atoms with van der Waals surface area (Å²) in [5.74, 6) is 0. The summed E-state index contributed by atoms with van der Waals surface area (Å²) >= 11 is 0. The molecule has 1 fully saturated rings. The Bertz CT molecular complexity index is 157. The summed E-state index contributed by atoms with van der Waals surface area (Å²) in [6.45, 7) is 5.58. The Balaban J connectivity index is 2.12. The van der Waals surface area contributed by atoms with Gasteiger partial charge in [0.05, 0.1) is 6.61 Å². The van der Waals surface area contributed by atoms with Crippen molar-refractivity contribution in [3.05, 3.63) is 0 Å². The van der Waals surface area contributed by atoms with E-state index in [1.54, 1.807) is 0 Å². The zero-order valence-electron chi connectivity index (χ0n) is 9.66. The van der Waals surface area contributed by atoms with Crippen molar-refractivity contribution in [2.45, 2.75) is 51.2 Å². The molecule has 0 aromatic carbocycles. The lowest BCUT2D eigenvalue weighted by Crippen LogP contribution is -2.40. The van der Waals surface area contributed by atoms with Crippen LogP contribution >= 0.6 is 0 Å². The molecule has 0 aromatic rings. The fraction of sp³-hybridized carbons (Fsp3) is 1.00. The van der Waals surface area contributed by atoms with E-state index in [0.717, 1.165) is 19.0 Å². The summed E-state index contributed by atoms with van der Waals surface area (Å²) in [6, 6.07) is 1.54. The van der Waals surface area contributed by atoms with Crippen LogP contribution in [-0.2, 0) is 0 Å². The van der Waals surface area contributed by atoms with Crippen molar-refractivity contribution < 1.29 is 5.11 Å². The van der Waals surface area contributed by atoms with Crippen molar-refractivity contribution in [3.8, 4) is 0 Å². The number of nitrogens with one attached hydrogen (secondary N) is 1. The van der Waals surface area contributed by atoms with Crippen LogP contribution in [0, 0.1) is 0 Å². The van der Waals surface area contributed by atoms with Crippen LogP contribution in [0.5, 0.6) is 0 Å². The zero-order valence-corrected chi connectivity index (χ0v) is 9.66. The minimum atomic E-state index is 0.247. The molecule has 1 rings (SSSR count). The lowest BCUT2D eigenvalue weighted by atomic mass is 10.2. The average molecular weight is 200 g/mol. The highest BCUT2D eigenvalue weighted by Gasteiger charge is 2.26. The molecule has 0 spiro atoms. The summed E-state index contributed by atoms with van der Waals surface area (Å²) in [7, 11) is 2.18. The molecule has 14 heavy (non-hydrogen) atoms. The SMILES string of the molecule is CC(C)NC(CO)CCN(C)C1CC1. The summed E-state index contributed by atoms with van der Waals surface area (Å²) in [5.41, 5.74) is 0. The van der Waals surface area contributed by atoms with Gasteiger partial charge in [-0.25, -0.2) is 0 Å². The first kappa shape index (κ1) is 12.0. The molecule has 0 aliphatic heterocycles. The van der Waals surface area contributed by atoms with Gasteiger partial charge in [-0.15, -0.1) is 0 Å². The maximum atomic E-state index is 9.16. The topological polar surface area (TPSA) is 35.5 Å². The van der Waals surface area contributed by atoms with Crippen LogP contribution in [0.3, 0.4) is 0 Å². The molecule has 1 aliphatic carbocycles. The molecule has 0 saturated heterocycles. The highest BCUT2D eigenvalue weighted by atomic mass is 16.3. The van der Waals surface area contributed by atoms with Crippen LogP contribution < -0.4 is 5.32 Å². The molecule has 0 bridgehead atoms. The molecule has 3 heteroatoms. The number of hydrogen-bond acceptors (Lipinski definition) is 3. The molecular formula is C11H24N2O. The molecule has 84 valence electrons. The largest absolute Gasteiger partial charge is 0.395 e. The molecule has 0 aromatic heterocycles. The Labute approximate surface area is 87.5 Å². The predicted molar refractivity (Wildman–Crippen MR) is 59.4 cm³/mol. The second-order valence-electron chi connectivity index (χ2n) is 4.70. The summed E-state index contributed by atoms with van der Waals surface area (Å²) in [4.78, 5) is 2.41. The maximum Gasteiger partial charge on any atom is 0.0585 e. The van der Waals surface area contributed by atoms with Crippen molar-refractivity contribution in [1.29, 1.82) is 0 Å². The molecule has 1 unspecified atom stereocenters. The van der Waals surface area contributed by atoms with Crippen molar-refractivity contribution >= 4 is 0 Å². The molecule has 3 nitrogen and oxygen atoms in total. The van der Waals surface area contributed by atoms with Gasteiger partial charge in [0.2, 0.25) is 0 Å². The third kappa shape index (κ3) is 4.40. The molecule has 1 aliphatic rings. The Morgan fingerprint density at radius 1 is 1.43 bits per heavy atom. The molecule has 1 atom stereocenters. The first-order valence-electron chi connectivity index (χ1n) is 5.70. The van der Waals surface area contributed by atoms with Crippen molar-refractivity contribution in [3.63, 3.8) is 0 Å². The van der Waals surface area contributed by atoms with E-state index >= 15 is 0 Å². The number of nitrogens with zero attached hydrogens (tertiary/aromatic N) is 1. The maximum absolute atomic E-state index is 9.16. The van der Waals surface area contributed by atoms with E-state index < -0.39 is 0 Å². The van der Waals surface area contributed by atoms with Gasteiger partial charge < -0.3 is 15.3 Å². The molecule has 1 saturated carbocycles. The van der Waals surface area contributed by atoms with E-state index in [4.69, 9.17) is 5.11 Å². The first-order chi connectivity index (χ1) is 6.63. The highest BCUT2D eigenvalue weighted by Crippen LogP contribution is 2.25. The lowest BCUT2D eigenvalue weighted by molar-refractivity contribution is 0.209. The molecule has 0 radical (unpaired) electrons. The highest BCUT2D eigenvalue weighted by molar-refractivity contribution is 4.83. The Morgan fingerprint density at radius 2 is 2.07 bits per heavy atom. The van der Waals surface area contributed by atoms with Crippen molar-refractivity contribution in [2.24, 2.45) is 0 Å². The van der Waals surface area contributed by atoms with Crippen LogP contribution in [-0.4, -0.2) is 48.3 Å². The fourth-order valence-electron chi connectivity index (χ4n) is 1.76. The van der Waals surface area contributed by atoms with Crippen LogP contribution in [0.1, 0.15) is 33.1 Å². The first-order valence-corrected chi connectivity index (χ1v) is 5.70. The third-order valence-electron chi connectivity index (χ3n) is 2.79. The fourth-order valence-corrected chi connectivity index (χ4v) is 1.76. The molecule has 0 heterocycles. The van der Waals surface area contributed by atoms with Gasteiger partial charge in [-0.2, -0.15) is 0 Å². The summed E-state index contributed by atoms with van der Waals surface area (Å²) in [6.07, 6.45) is 3.76. The normalized spacial score (nSPS) is 19.3. The molecule has 0 amide bonds. The minimum absolute atomic E-state index is 0.247. The van der Waals surface area contributed by atoms with Gasteiger partial charge in [0.15, 0.2) is 0 Å². The zero-order chi connectivity index (χ0) is 10.6. The van der Waals surface area contributed by atoms with Gasteiger partial charge in [0.1, 0.15) is 0 Å². The average Bonchev–Trinajstić information content (AvgIpc) is 2.93. The van der Waals surface area contributed by atoms with E-state index in [2.05, 4.69) is 31.1 Å². The van der Waals surface area contributed by atoms with Crippen LogP contribution in [0.15, 0.2) is 0 Å². The Kier molecular flexibility index (Phi) is 4.85. The second-order valence-corrected chi connectivity index (χ2v) is 4.70. The second kappa shape index (κ2) is 5.69. The van der Waals surface area contributed by atoms with Gasteiger partial charge in [-0.3, -0.25) is 0 Å². The predicted octanol–water partition coefficient (Wildman–Crippen LogP) is 0.830. The summed E-state index contributed by atoms with van der Waals surface area (Å²) in [5, 5.41) is 12.5. The number of rotatable bonds is 7. The van der Waals surface area contributed by atoms with E-state index in [-0.39, 0.29) is 12.6 Å². The molecule has 2 N–H and O–H groups in total. The summed E-state index contributed by atoms with van der Waals surface area (Å²) < 4.78 is 0. The third-order valence-corrected chi connectivity index (χ3v) is 2.79. The Morgan fingerprint density at radius 3 is 2.50 bits per heavy atom. The smallest absolute Gasteiger partial charge is 0.0585 e. The van der Waals surface area contributed by atoms with Gasteiger partial charge in [0.25, 0.3) is 0 Å². The minimum Gasteiger partial charge on any atom is -0.395 e. The van der Waals surface area contributed by atoms with E-state index in [0.29, 0.717) is 6.04 Å².